The molecule has 4 rings (SSSR count). The minimum atomic E-state index is -0.159. The van der Waals surface area contributed by atoms with Crippen molar-refractivity contribution in [3.05, 3.63) is 83.8 Å². The van der Waals surface area contributed by atoms with Crippen LogP contribution in [0.2, 0.25) is 0 Å². The highest BCUT2D eigenvalue weighted by Gasteiger charge is 2.15. The Labute approximate surface area is 157 Å². The zero-order valence-electron chi connectivity index (χ0n) is 15.0. The molecule has 2 aromatic carbocycles. The van der Waals surface area contributed by atoms with Gasteiger partial charge in [-0.2, -0.15) is 5.10 Å². The van der Waals surface area contributed by atoms with Crippen LogP contribution >= 0.6 is 0 Å². The molecule has 4 N–H and O–H groups in total. The number of aromatic amines is 1. The number of nitrogens with one attached hydrogen (secondary N) is 2. The van der Waals surface area contributed by atoms with E-state index >= 15 is 0 Å². The number of benzene rings is 2. The lowest BCUT2D eigenvalue weighted by Crippen LogP contribution is -2.26. The fraction of sp³-hybridized carbons (Fsp3) is 0.143. The average molecular weight is 359 g/mol. The molecule has 0 saturated carbocycles. The smallest absolute Gasteiger partial charge is 0.268 e. The van der Waals surface area contributed by atoms with Gasteiger partial charge in [-0.15, -0.1) is 0 Å². The van der Waals surface area contributed by atoms with Crippen molar-refractivity contribution in [3.63, 3.8) is 0 Å². The molecule has 0 aliphatic rings. The van der Waals surface area contributed by atoms with E-state index in [1.807, 2.05) is 60.3 Å². The number of fused-ring (bicyclic) bond motifs is 1. The summed E-state index contributed by atoms with van der Waals surface area (Å²) in [5, 5.41) is 8.33. The van der Waals surface area contributed by atoms with E-state index in [1.165, 1.54) is 5.56 Å². The van der Waals surface area contributed by atoms with Crippen molar-refractivity contribution >= 4 is 22.5 Å². The molecular formula is C21H21N5O. The van der Waals surface area contributed by atoms with E-state index < -0.39 is 0 Å². The third-order valence-electron chi connectivity index (χ3n) is 4.58. The topological polar surface area (TPSA) is 88.7 Å². The molecule has 27 heavy (non-hydrogen) atoms. The number of carbonyl (C=O) groups excluding carboxylic acids is 1. The highest BCUT2D eigenvalue weighted by Crippen LogP contribution is 2.19. The van der Waals surface area contributed by atoms with Gasteiger partial charge < -0.3 is 16.0 Å². The summed E-state index contributed by atoms with van der Waals surface area (Å²) >= 11 is 0. The normalized spacial score (nSPS) is 12.2. The van der Waals surface area contributed by atoms with Crippen molar-refractivity contribution in [3.8, 4) is 0 Å². The van der Waals surface area contributed by atoms with Gasteiger partial charge in [0.2, 0.25) is 0 Å². The Hall–Kier alpha value is -3.54. The van der Waals surface area contributed by atoms with Crippen LogP contribution in [0.1, 0.15) is 34.6 Å². The highest BCUT2D eigenvalue weighted by molar-refractivity contribution is 5.98. The Kier molecular flexibility index (Phi) is 4.38. The molecule has 4 aromatic rings. The molecule has 0 saturated heterocycles. The zero-order chi connectivity index (χ0) is 18.8. The summed E-state index contributed by atoms with van der Waals surface area (Å²) in [7, 11) is 0. The third kappa shape index (κ3) is 3.69. The SMILES string of the molecule is CC(NC(=O)c1cc2cc(N)ccc2[nH]1)c1cnn(Cc2ccccc2)c1. The molecule has 6 nitrogen and oxygen atoms in total. The van der Waals surface area contributed by atoms with Crippen molar-refractivity contribution in [2.24, 2.45) is 0 Å². The van der Waals surface area contributed by atoms with Crippen LogP contribution in [-0.2, 0) is 6.54 Å². The minimum Gasteiger partial charge on any atom is -0.399 e. The largest absolute Gasteiger partial charge is 0.399 e. The van der Waals surface area contributed by atoms with Gasteiger partial charge >= 0.3 is 0 Å². The van der Waals surface area contributed by atoms with Gasteiger partial charge in [0.05, 0.1) is 18.8 Å². The van der Waals surface area contributed by atoms with Gasteiger partial charge in [0.1, 0.15) is 5.69 Å². The number of H-pyrrole nitrogens is 1. The summed E-state index contributed by atoms with van der Waals surface area (Å²) in [6, 6.07) is 17.3. The molecule has 2 heterocycles. The van der Waals surface area contributed by atoms with Crippen molar-refractivity contribution in [1.82, 2.24) is 20.1 Å². The molecule has 0 spiro atoms. The van der Waals surface area contributed by atoms with E-state index in [2.05, 4.69) is 27.5 Å². The first-order valence-corrected chi connectivity index (χ1v) is 8.84. The Bertz CT molecular complexity index is 1080. The summed E-state index contributed by atoms with van der Waals surface area (Å²) in [4.78, 5) is 15.7. The van der Waals surface area contributed by atoms with Crippen LogP contribution in [0.4, 0.5) is 5.69 Å². The van der Waals surface area contributed by atoms with Crippen LogP contribution in [0, 0.1) is 0 Å². The first-order valence-electron chi connectivity index (χ1n) is 8.84. The second kappa shape index (κ2) is 6.99. The van der Waals surface area contributed by atoms with Crippen molar-refractivity contribution in [2.75, 3.05) is 5.73 Å². The number of aromatic nitrogens is 3. The number of rotatable bonds is 5. The Morgan fingerprint density at radius 1 is 1.22 bits per heavy atom. The van der Waals surface area contributed by atoms with E-state index in [0.717, 1.165) is 16.5 Å². The maximum atomic E-state index is 12.6. The maximum Gasteiger partial charge on any atom is 0.268 e. The van der Waals surface area contributed by atoms with E-state index in [1.54, 1.807) is 6.20 Å². The van der Waals surface area contributed by atoms with Gasteiger partial charge in [-0.3, -0.25) is 9.48 Å². The van der Waals surface area contributed by atoms with Crippen molar-refractivity contribution in [1.29, 1.82) is 0 Å². The molecule has 0 fully saturated rings. The second-order valence-electron chi connectivity index (χ2n) is 6.68. The highest BCUT2D eigenvalue weighted by atomic mass is 16.1. The van der Waals surface area contributed by atoms with Crippen molar-refractivity contribution < 1.29 is 4.79 Å². The quantitative estimate of drug-likeness (QED) is 0.477. The number of nitrogens with two attached hydrogens (primary N) is 1. The molecule has 1 atom stereocenters. The lowest BCUT2D eigenvalue weighted by Gasteiger charge is -2.11. The first-order chi connectivity index (χ1) is 13.1. The van der Waals surface area contributed by atoms with Crippen LogP contribution in [-0.4, -0.2) is 20.7 Å². The average Bonchev–Trinajstić information content (AvgIpc) is 3.29. The number of nitrogen functional groups attached to an aromatic ring is 1. The number of amides is 1. The monoisotopic (exact) mass is 359 g/mol. The van der Waals surface area contributed by atoms with E-state index in [0.29, 0.717) is 17.9 Å². The molecule has 0 radical (unpaired) electrons. The molecule has 1 amide bonds. The fourth-order valence-electron chi connectivity index (χ4n) is 3.09. The molecular weight excluding hydrogens is 338 g/mol. The maximum absolute atomic E-state index is 12.6. The third-order valence-corrected chi connectivity index (χ3v) is 4.58. The number of carbonyl (C=O) groups is 1. The van der Waals surface area contributed by atoms with E-state index in [4.69, 9.17) is 5.73 Å². The molecule has 6 heteroatoms. The van der Waals surface area contributed by atoms with Gasteiger partial charge in [-0.05, 0) is 36.8 Å². The number of hydrogen-bond acceptors (Lipinski definition) is 3. The summed E-state index contributed by atoms with van der Waals surface area (Å²) < 4.78 is 1.87. The zero-order valence-corrected chi connectivity index (χ0v) is 15.0. The van der Waals surface area contributed by atoms with Crippen LogP contribution in [0.25, 0.3) is 10.9 Å². The van der Waals surface area contributed by atoms with E-state index in [-0.39, 0.29) is 11.9 Å². The van der Waals surface area contributed by atoms with Crippen molar-refractivity contribution in [2.45, 2.75) is 19.5 Å². The summed E-state index contributed by atoms with van der Waals surface area (Å²) in [6.07, 6.45) is 3.75. The van der Waals surface area contributed by atoms with Gasteiger partial charge in [-0.25, -0.2) is 0 Å². The fourth-order valence-corrected chi connectivity index (χ4v) is 3.09. The molecule has 0 aliphatic carbocycles. The summed E-state index contributed by atoms with van der Waals surface area (Å²) in [5.74, 6) is -0.159. The lowest BCUT2D eigenvalue weighted by molar-refractivity contribution is 0.0935. The summed E-state index contributed by atoms with van der Waals surface area (Å²) in [5.41, 5.74) is 10.0. The molecule has 2 aromatic heterocycles. The van der Waals surface area contributed by atoms with Crippen LogP contribution in [0.3, 0.4) is 0 Å². The molecule has 136 valence electrons. The molecule has 1 unspecified atom stereocenters. The lowest BCUT2D eigenvalue weighted by atomic mass is 10.2. The van der Waals surface area contributed by atoms with Gasteiger partial charge in [-0.1, -0.05) is 30.3 Å². The first kappa shape index (κ1) is 16.9. The standard InChI is InChI=1S/C21H21N5O/c1-14(17-11-23-26(13-17)12-15-5-3-2-4-6-15)24-21(27)20-10-16-9-18(22)7-8-19(16)25-20/h2-11,13-14,25H,12,22H2,1H3,(H,24,27). The molecule has 0 aliphatic heterocycles. The Morgan fingerprint density at radius 2 is 2.04 bits per heavy atom. The summed E-state index contributed by atoms with van der Waals surface area (Å²) in [6.45, 7) is 2.65. The number of nitrogens with zero attached hydrogens (tertiary/aromatic N) is 2. The van der Waals surface area contributed by atoms with Crippen LogP contribution in [0.15, 0.2) is 67.0 Å². The minimum absolute atomic E-state index is 0.154. The van der Waals surface area contributed by atoms with Gasteiger partial charge in [0.25, 0.3) is 5.91 Å². The van der Waals surface area contributed by atoms with Crippen LogP contribution < -0.4 is 11.1 Å². The number of anilines is 1. The number of hydrogen-bond donors (Lipinski definition) is 3. The Morgan fingerprint density at radius 3 is 2.85 bits per heavy atom. The van der Waals surface area contributed by atoms with Gasteiger partial charge in [0, 0.05) is 28.4 Å². The second-order valence-corrected chi connectivity index (χ2v) is 6.68. The predicted octanol–water partition coefficient (Wildman–Crippen LogP) is 3.49. The van der Waals surface area contributed by atoms with E-state index in [9.17, 15) is 4.79 Å². The molecule has 0 bridgehead atoms. The van der Waals surface area contributed by atoms with Crippen LogP contribution in [0.5, 0.6) is 0 Å². The predicted molar refractivity (Wildman–Crippen MR) is 106 cm³/mol. The van der Waals surface area contributed by atoms with Gasteiger partial charge in [0.15, 0.2) is 0 Å². The Balaban J connectivity index is 1.45.